The molecule has 0 aliphatic heterocycles. The summed E-state index contributed by atoms with van der Waals surface area (Å²) in [6.45, 7) is 8.51. The van der Waals surface area contributed by atoms with E-state index in [2.05, 4.69) is 35.1 Å². The predicted molar refractivity (Wildman–Crippen MR) is 91.5 cm³/mol. The molecule has 0 spiro atoms. The Balaban J connectivity index is 2.06. The molecule has 0 N–H and O–H groups in total. The van der Waals surface area contributed by atoms with Crippen LogP contribution >= 0.6 is 0 Å². The van der Waals surface area contributed by atoms with Crippen LogP contribution in [0.1, 0.15) is 42.5 Å². The minimum atomic E-state index is -0.301. The molecule has 126 valence electrons. The van der Waals surface area contributed by atoms with Crippen molar-refractivity contribution in [3.05, 3.63) is 57.8 Å². The van der Waals surface area contributed by atoms with Crippen LogP contribution in [0, 0.1) is 13.8 Å². The van der Waals surface area contributed by atoms with Gasteiger partial charge in [0.25, 0.3) is 0 Å². The van der Waals surface area contributed by atoms with E-state index in [1.165, 1.54) is 0 Å². The van der Waals surface area contributed by atoms with Crippen molar-refractivity contribution in [2.24, 2.45) is 7.05 Å². The second-order valence-electron chi connectivity index (χ2n) is 6.41. The largest absolute Gasteiger partial charge is 0.364 e. The van der Waals surface area contributed by atoms with Crippen LogP contribution < -0.4 is 5.69 Å². The molecule has 0 atom stereocenters. The molecule has 0 saturated carbocycles. The van der Waals surface area contributed by atoms with Crippen molar-refractivity contribution in [3.8, 4) is 5.69 Å². The third kappa shape index (κ3) is 2.77. The van der Waals surface area contributed by atoms with Gasteiger partial charge in [-0.2, -0.15) is 4.98 Å². The normalized spacial score (nSPS) is 11.4. The van der Waals surface area contributed by atoms with Crippen molar-refractivity contribution >= 4 is 0 Å². The first-order valence-corrected chi connectivity index (χ1v) is 7.98. The lowest BCUT2D eigenvalue weighted by Gasteiger charge is -2.13. The van der Waals surface area contributed by atoms with E-state index in [9.17, 15) is 4.79 Å². The van der Waals surface area contributed by atoms with Gasteiger partial charge < -0.3 is 4.57 Å². The van der Waals surface area contributed by atoms with Crippen LogP contribution in [0.3, 0.4) is 0 Å². The molecule has 0 fully saturated rings. The third-order valence-corrected chi connectivity index (χ3v) is 4.18. The molecule has 0 radical (unpaired) electrons. The smallest absolute Gasteiger partial charge is 0.316 e. The molecular weight excluding hydrogens is 304 g/mol. The maximum Gasteiger partial charge on any atom is 0.364 e. The van der Waals surface area contributed by atoms with Gasteiger partial charge in [0.2, 0.25) is 0 Å². The third-order valence-electron chi connectivity index (χ3n) is 4.18. The summed E-state index contributed by atoms with van der Waals surface area (Å²) in [5.41, 5.74) is 2.84. The van der Waals surface area contributed by atoms with E-state index in [-0.39, 0.29) is 11.6 Å². The quantitative estimate of drug-likeness (QED) is 0.735. The van der Waals surface area contributed by atoms with Gasteiger partial charge in [-0.25, -0.2) is 14.2 Å². The van der Waals surface area contributed by atoms with Crippen LogP contribution in [-0.4, -0.2) is 29.1 Å². The van der Waals surface area contributed by atoms with E-state index in [1.807, 2.05) is 37.6 Å². The molecule has 0 amide bonds. The monoisotopic (exact) mass is 326 g/mol. The summed E-state index contributed by atoms with van der Waals surface area (Å²) in [7, 11) is 1.92. The molecule has 0 unspecified atom stereocenters. The lowest BCUT2D eigenvalue weighted by atomic mass is 10.1. The molecule has 0 aliphatic rings. The summed E-state index contributed by atoms with van der Waals surface area (Å²) >= 11 is 0. The van der Waals surface area contributed by atoms with Gasteiger partial charge in [0.15, 0.2) is 5.82 Å². The fraction of sp³-hybridized carbons (Fsp3) is 0.412. The molecule has 3 rings (SSSR count). The van der Waals surface area contributed by atoms with Gasteiger partial charge >= 0.3 is 5.69 Å². The minimum Gasteiger partial charge on any atom is -0.316 e. The highest BCUT2D eigenvalue weighted by Gasteiger charge is 2.16. The molecule has 1 aromatic carbocycles. The van der Waals surface area contributed by atoms with Crippen LogP contribution in [0.4, 0.5) is 0 Å². The van der Waals surface area contributed by atoms with Crippen LogP contribution in [-0.2, 0) is 13.6 Å². The van der Waals surface area contributed by atoms with Crippen molar-refractivity contribution < 1.29 is 0 Å². The van der Waals surface area contributed by atoms with Crippen molar-refractivity contribution in [1.29, 1.82) is 0 Å². The molecule has 3 aromatic rings. The van der Waals surface area contributed by atoms with Gasteiger partial charge in [0.05, 0.1) is 5.69 Å². The lowest BCUT2D eigenvalue weighted by Crippen LogP contribution is -2.25. The predicted octanol–water partition coefficient (Wildman–Crippen LogP) is 1.95. The Morgan fingerprint density at radius 3 is 2.58 bits per heavy atom. The van der Waals surface area contributed by atoms with Crippen molar-refractivity contribution in [3.63, 3.8) is 0 Å². The van der Waals surface area contributed by atoms with Crippen LogP contribution in [0.15, 0.2) is 29.3 Å². The van der Waals surface area contributed by atoms with E-state index in [0.717, 1.165) is 28.5 Å². The first-order chi connectivity index (χ1) is 11.4. The maximum atomic E-state index is 12.2. The molecule has 0 aliphatic carbocycles. The van der Waals surface area contributed by atoms with E-state index in [0.29, 0.717) is 6.54 Å². The van der Waals surface area contributed by atoms with Crippen LogP contribution in [0.25, 0.3) is 5.69 Å². The van der Waals surface area contributed by atoms with Gasteiger partial charge in [-0.3, -0.25) is 0 Å². The number of aryl methyl sites for hydroxylation is 2. The summed E-state index contributed by atoms with van der Waals surface area (Å²) in [6, 6.07) is 6.14. The fourth-order valence-electron chi connectivity index (χ4n) is 2.78. The van der Waals surface area contributed by atoms with Crippen LogP contribution in [0.2, 0.25) is 0 Å². The number of hydrogen-bond donors (Lipinski definition) is 0. The van der Waals surface area contributed by atoms with Gasteiger partial charge in [-0.1, -0.05) is 26.0 Å². The molecule has 2 aromatic heterocycles. The molecule has 24 heavy (non-hydrogen) atoms. The Kier molecular flexibility index (Phi) is 4.09. The van der Waals surface area contributed by atoms with E-state index >= 15 is 0 Å². The zero-order valence-electron chi connectivity index (χ0n) is 14.7. The molecule has 7 nitrogen and oxygen atoms in total. The summed E-state index contributed by atoms with van der Waals surface area (Å²) in [5, 5.41) is 8.47. The first-order valence-electron chi connectivity index (χ1n) is 7.98. The Hall–Kier alpha value is -2.70. The second kappa shape index (κ2) is 6.07. The molecular formula is C17H22N6O. The number of benzene rings is 1. The fourth-order valence-corrected chi connectivity index (χ4v) is 2.78. The molecule has 0 saturated heterocycles. The minimum absolute atomic E-state index is 0.275. The zero-order chi connectivity index (χ0) is 17.4. The molecule has 7 heteroatoms. The first kappa shape index (κ1) is 16.2. The van der Waals surface area contributed by atoms with Gasteiger partial charge in [-0.15, -0.1) is 10.2 Å². The highest BCUT2D eigenvalue weighted by Crippen LogP contribution is 2.16. The second-order valence-corrected chi connectivity index (χ2v) is 6.41. The van der Waals surface area contributed by atoms with E-state index < -0.39 is 0 Å². The molecule has 2 heterocycles. The molecule has 0 bridgehead atoms. The Bertz CT molecular complexity index is 931. The highest BCUT2D eigenvalue weighted by molar-refractivity contribution is 5.42. The van der Waals surface area contributed by atoms with E-state index in [1.54, 1.807) is 15.7 Å². The van der Waals surface area contributed by atoms with Crippen LogP contribution in [0.5, 0.6) is 0 Å². The standard InChI is InChI=1S/C17H22N6O/c1-11(2)16-20-19-15(21(16)5)9-22-17(24)18-10-23(22)14-8-12(3)6-7-13(14)4/h6-8,10-11H,9H2,1-5H3. The summed E-state index contributed by atoms with van der Waals surface area (Å²) in [4.78, 5) is 16.2. The van der Waals surface area contributed by atoms with Gasteiger partial charge in [-0.05, 0) is 31.0 Å². The van der Waals surface area contributed by atoms with Crippen molar-refractivity contribution in [2.75, 3.05) is 0 Å². The SMILES string of the molecule is Cc1ccc(C)c(-n2cnc(=O)n2Cc2nnc(C(C)C)n2C)c1. The van der Waals surface area contributed by atoms with Gasteiger partial charge in [0.1, 0.15) is 18.7 Å². The Morgan fingerprint density at radius 2 is 1.92 bits per heavy atom. The number of hydrogen-bond acceptors (Lipinski definition) is 4. The summed E-state index contributed by atoms with van der Waals surface area (Å²) < 4.78 is 5.31. The number of nitrogens with zero attached hydrogens (tertiary/aromatic N) is 6. The van der Waals surface area contributed by atoms with Crippen molar-refractivity contribution in [1.82, 2.24) is 29.1 Å². The Morgan fingerprint density at radius 1 is 1.17 bits per heavy atom. The van der Waals surface area contributed by atoms with Crippen molar-refractivity contribution in [2.45, 2.75) is 40.2 Å². The summed E-state index contributed by atoms with van der Waals surface area (Å²) in [6.07, 6.45) is 1.56. The topological polar surface area (TPSA) is 70.5 Å². The zero-order valence-corrected chi connectivity index (χ0v) is 14.7. The highest BCUT2D eigenvalue weighted by atomic mass is 16.2. The average molecular weight is 326 g/mol. The number of rotatable bonds is 4. The number of aromatic nitrogens is 6. The Labute approximate surface area is 140 Å². The van der Waals surface area contributed by atoms with Gasteiger partial charge in [0, 0.05) is 13.0 Å². The van der Waals surface area contributed by atoms with E-state index in [4.69, 9.17) is 0 Å². The average Bonchev–Trinajstić information content (AvgIpc) is 3.07. The maximum absolute atomic E-state index is 12.2. The summed E-state index contributed by atoms with van der Waals surface area (Å²) in [5.74, 6) is 1.90. The lowest BCUT2D eigenvalue weighted by molar-refractivity contribution is 0.548.